The van der Waals surface area contributed by atoms with Gasteiger partial charge in [0, 0.05) is 26.6 Å². The molecule has 1 aromatic carbocycles. The molecule has 1 saturated heterocycles. The summed E-state index contributed by atoms with van der Waals surface area (Å²) < 4.78 is 32.8. The number of allylic oxidation sites excluding steroid dienone is 3. The first-order chi connectivity index (χ1) is 17.2. The van der Waals surface area contributed by atoms with Crippen LogP contribution in [0.2, 0.25) is 0 Å². The highest BCUT2D eigenvalue weighted by Crippen LogP contribution is 2.40. The topological polar surface area (TPSA) is 147 Å². The molecule has 0 aliphatic carbocycles. The van der Waals surface area contributed by atoms with Gasteiger partial charge in [-0.1, -0.05) is 42.5 Å². The zero-order valence-corrected chi connectivity index (χ0v) is 22.0. The molecule has 0 aromatic heterocycles. The Morgan fingerprint density at radius 2 is 1.83 bits per heavy atom. The van der Waals surface area contributed by atoms with Crippen LogP contribution in [-0.4, -0.2) is 90.8 Å². The van der Waals surface area contributed by atoms with Crippen LogP contribution in [0.3, 0.4) is 0 Å². The van der Waals surface area contributed by atoms with Gasteiger partial charge >= 0.3 is 7.75 Å². The highest BCUT2D eigenvalue weighted by atomic mass is 35.5. The summed E-state index contributed by atoms with van der Waals surface area (Å²) in [5.74, 6) is 0.839. The lowest BCUT2D eigenvalue weighted by Gasteiger charge is -2.40. The van der Waals surface area contributed by atoms with Crippen LogP contribution < -0.4 is 9.82 Å². The Labute approximate surface area is 216 Å². The van der Waals surface area contributed by atoms with Gasteiger partial charge in [0.2, 0.25) is 0 Å². The van der Waals surface area contributed by atoms with Crippen LogP contribution in [0.25, 0.3) is 0 Å². The van der Waals surface area contributed by atoms with Crippen molar-refractivity contribution in [1.82, 2.24) is 5.09 Å². The fourth-order valence-corrected chi connectivity index (χ4v) is 4.45. The summed E-state index contributed by atoms with van der Waals surface area (Å²) in [6, 6.07) is 7.34. The maximum Gasteiger partial charge on any atom is 0.405 e. The van der Waals surface area contributed by atoms with Gasteiger partial charge in [-0.15, -0.1) is 11.6 Å². The van der Waals surface area contributed by atoms with E-state index in [0.717, 1.165) is 5.56 Å². The van der Waals surface area contributed by atoms with Crippen molar-refractivity contribution in [3.63, 3.8) is 0 Å². The molecule has 0 amide bonds. The van der Waals surface area contributed by atoms with Crippen molar-refractivity contribution < 1.29 is 43.5 Å². The highest BCUT2D eigenvalue weighted by Gasteiger charge is 2.44. The highest BCUT2D eigenvalue weighted by molar-refractivity contribution is 7.51. The van der Waals surface area contributed by atoms with Crippen LogP contribution in [0.15, 0.2) is 60.2 Å². The molecule has 12 heteroatoms. The Morgan fingerprint density at radius 1 is 1.17 bits per heavy atom. The van der Waals surface area contributed by atoms with Crippen molar-refractivity contribution in [3.8, 4) is 5.75 Å². The molecule has 0 radical (unpaired) electrons. The molecule has 202 valence electrons. The van der Waals surface area contributed by atoms with E-state index in [1.807, 2.05) is 12.1 Å². The van der Waals surface area contributed by atoms with Gasteiger partial charge < -0.3 is 38.9 Å². The van der Waals surface area contributed by atoms with Crippen LogP contribution in [0.4, 0.5) is 0 Å². The predicted octanol–water partition coefficient (Wildman–Crippen LogP) is 1.72. The molecule has 10 nitrogen and oxygen atoms in total. The third-order valence-electron chi connectivity index (χ3n) is 5.50. The van der Waals surface area contributed by atoms with Gasteiger partial charge in [-0.05, 0) is 29.7 Å². The largest absolute Gasteiger partial charge is 0.492 e. The molecule has 1 fully saturated rings. The minimum absolute atomic E-state index is 0.215. The summed E-state index contributed by atoms with van der Waals surface area (Å²) in [6.45, 7) is 4.08. The standard InChI is InChI=1S/C24H35ClNO9P/c1-16(13-17-6-8-19(9-7-17)34-12-11-26-36(31,32-2)33-3)14-18(5-4-10-25)24-23(30)22(29)21(28)20(15-27)35-24/h4-9,14,20-24,27-30H,1,10-13,15H2,2-3H3,(H,26,31). The van der Waals surface area contributed by atoms with Gasteiger partial charge in [0.1, 0.15) is 42.9 Å². The van der Waals surface area contributed by atoms with Crippen LogP contribution in [0.5, 0.6) is 5.75 Å². The Bertz CT molecular complexity index is 930. The summed E-state index contributed by atoms with van der Waals surface area (Å²) in [5, 5.41) is 42.8. The number of ether oxygens (including phenoxy) is 2. The lowest BCUT2D eigenvalue weighted by atomic mass is 9.89. The first-order valence-electron chi connectivity index (χ1n) is 11.3. The van der Waals surface area contributed by atoms with Crippen molar-refractivity contribution in [2.75, 3.05) is 39.9 Å². The summed E-state index contributed by atoms with van der Waals surface area (Å²) in [6.07, 6.45) is -0.846. The zero-order chi connectivity index (χ0) is 26.7. The van der Waals surface area contributed by atoms with E-state index in [1.54, 1.807) is 30.4 Å². The molecular formula is C24H35ClNO9P. The molecule has 0 spiro atoms. The number of benzene rings is 1. The molecule has 0 bridgehead atoms. The minimum atomic E-state index is -3.29. The number of hydrogen-bond acceptors (Lipinski definition) is 9. The van der Waals surface area contributed by atoms with Crippen molar-refractivity contribution in [2.24, 2.45) is 0 Å². The van der Waals surface area contributed by atoms with Crippen molar-refractivity contribution >= 4 is 19.3 Å². The van der Waals surface area contributed by atoms with E-state index in [0.29, 0.717) is 23.3 Å². The van der Waals surface area contributed by atoms with Crippen molar-refractivity contribution in [3.05, 3.63) is 65.8 Å². The Balaban J connectivity index is 2.02. The van der Waals surface area contributed by atoms with E-state index in [4.69, 9.17) is 30.1 Å². The summed E-state index contributed by atoms with van der Waals surface area (Å²) in [5.41, 5.74) is 2.13. The normalized spacial score (nSPS) is 25.3. The van der Waals surface area contributed by atoms with E-state index >= 15 is 0 Å². The minimum Gasteiger partial charge on any atom is -0.492 e. The summed E-state index contributed by atoms with van der Waals surface area (Å²) >= 11 is 5.78. The Hall–Kier alpha value is -1.56. The maximum absolute atomic E-state index is 11.9. The molecule has 2 rings (SSSR count). The average molecular weight is 548 g/mol. The average Bonchev–Trinajstić information content (AvgIpc) is 2.88. The SMILES string of the molecule is C=C(C=C(C=CCCl)C1OC(CO)C(O)C(O)C1O)Cc1ccc(OCCNP(=O)(OC)OC)cc1. The number of aliphatic hydroxyl groups excluding tert-OH is 4. The molecule has 1 aliphatic heterocycles. The third kappa shape index (κ3) is 8.78. The molecule has 5 atom stereocenters. The molecule has 1 heterocycles. The number of rotatable bonds is 14. The zero-order valence-electron chi connectivity index (χ0n) is 20.3. The number of halogens is 1. The van der Waals surface area contributed by atoms with Crippen molar-refractivity contribution in [1.29, 1.82) is 0 Å². The number of aliphatic hydroxyl groups is 4. The fourth-order valence-electron chi connectivity index (χ4n) is 3.59. The monoisotopic (exact) mass is 547 g/mol. The first kappa shape index (κ1) is 30.7. The van der Waals surface area contributed by atoms with Gasteiger partial charge in [-0.25, -0.2) is 9.65 Å². The van der Waals surface area contributed by atoms with Gasteiger partial charge in [0.05, 0.1) is 6.61 Å². The van der Waals surface area contributed by atoms with E-state index < -0.39 is 44.9 Å². The quantitative estimate of drug-likeness (QED) is 0.101. The first-order valence-corrected chi connectivity index (χ1v) is 13.4. The second kappa shape index (κ2) is 15.0. The predicted molar refractivity (Wildman–Crippen MR) is 136 cm³/mol. The number of nitrogens with one attached hydrogen (secondary N) is 1. The molecule has 0 saturated carbocycles. The van der Waals surface area contributed by atoms with Crippen LogP contribution in [0, 0.1) is 0 Å². The molecule has 5 unspecified atom stereocenters. The Morgan fingerprint density at radius 3 is 2.42 bits per heavy atom. The molecule has 1 aromatic rings. The lowest BCUT2D eigenvalue weighted by molar-refractivity contribution is -0.218. The fraction of sp³-hybridized carbons (Fsp3) is 0.500. The van der Waals surface area contributed by atoms with Gasteiger partial charge in [0.25, 0.3) is 0 Å². The second-order valence-electron chi connectivity index (χ2n) is 8.05. The van der Waals surface area contributed by atoms with Crippen LogP contribution in [-0.2, 0) is 24.8 Å². The third-order valence-corrected chi connectivity index (χ3v) is 7.25. The molecular weight excluding hydrogens is 513 g/mol. The summed E-state index contributed by atoms with van der Waals surface area (Å²) in [4.78, 5) is 0. The van der Waals surface area contributed by atoms with Crippen LogP contribution >= 0.6 is 19.3 Å². The number of alkyl halides is 1. The van der Waals surface area contributed by atoms with Gasteiger partial charge in [-0.3, -0.25) is 0 Å². The lowest BCUT2D eigenvalue weighted by Crippen LogP contribution is -2.58. The molecule has 5 N–H and O–H groups in total. The molecule has 36 heavy (non-hydrogen) atoms. The van der Waals surface area contributed by atoms with E-state index in [9.17, 15) is 25.0 Å². The van der Waals surface area contributed by atoms with Crippen molar-refractivity contribution in [2.45, 2.75) is 36.9 Å². The maximum atomic E-state index is 11.9. The van der Waals surface area contributed by atoms with Gasteiger partial charge in [0.15, 0.2) is 0 Å². The summed E-state index contributed by atoms with van der Waals surface area (Å²) in [7, 11) is -0.707. The van der Waals surface area contributed by atoms with Crippen LogP contribution in [0.1, 0.15) is 5.56 Å². The van der Waals surface area contributed by atoms with E-state index in [-0.39, 0.29) is 19.0 Å². The molecule has 1 aliphatic rings. The Kier molecular flexibility index (Phi) is 12.8. The van der Waals surface area contributed by atoms with E-state index in [2.05, 4.69) is 11.7 Å². The smallest absolute Gasteiger partial charge is 0.405 e. The number of hydrogen-bond donors (Lipinski definition) is 5. The second-order valence-corrected chi connectivity index (χ2v) is 10.4. The van der Waals surface area contributed by atoms with E-state index in [1.165, 1.54) is 14.2 Å². The van der Waals surface area contributed by atoms with Gasteiger partial charge in [-0.2, -0.15) is 0 Å².